The standard InChI is InChI=1S/C18H19N3O5/c22-17(20-14-6-8-15(9-7-14)21(25)26)12-16(18(23)24)19-11-10-13-4-2-1-3-5-13/h1-9,16,19H,10-12H2,(H,20,22)(H,23,24). The van der Waals surface area contributed by atoms with Crippen LogP contribution in [0.25, 0.3) is 0 Å². The number of anilines is 1. The van der Waals surface area contributed by atoms with Gasteiger partial charge in [0.1, 0.15) is 6.04 Å². The van der Waals surface area contributed by atoms with E-state index in [0.717, 1.165) is 5.56 Å². The van der Waals surface area contributed by atoms with Crippen LogP contribution in [0.5, 0.6) is 0 Å². The molecule has 0 saturated heterocycles. The van der Waals surface area contributed by atoms with Crippen LogP contribution in [0.2, 0.25) is 0 Å². The summed E-state index contributed by atoms with van der Waals surface area (Å²) in [6.45, 7) is 0.422. The zero-order valence-electron chi connectivity index (χ0n) is 13.9. The van der Waals surface area contributed by atoms with Gasteiger partial charge in [0.2, 0.25) is 5.91 Å². The predicted molar refractivity (Wildman–Crippen MR) is 95.9 cm³/mol. The largest absolute Gasteiger partial charge is 0.480 e. The van der Waals surface area contributed by atoms with Gasteiger partial charge < -0.3 is 15.7 Å². The number of nitro groups is 1. The molecule has 0 radical (unpaired) electrons. The van der Waals surface area contributed by atoms with Gasteiger partial charge in [-0.25, -0.2) is 0 Å². The Balaban J connectivity index is 1.84. The molecule has 1 atom stereocenters. The second-order valence-electron chi connectivity index (χ2n) is 5.64. The topological polar surface area (TPSA) is 122 Å². The van der Waals surface area contributed by atoms with Gasteiger partial charge in [-0.2, -0.15) is 0 Å². The van der Waals surface area contributed by atoms with Gasteiger partial charge in [0, 0.05) is 17.8 Å². The third-order valence-corrected chi connectivity index (χ3v) is 3.70. The lowest BCUT2D eigenvalue weighted by Gasteiger charge is -2.14. The lowest BCUT2D eigenvalue weighted by Crippen LogP contribution is -2.40. The molecule has 1 unspecified atom stereocenters. The number of hydrogen-bond acceptors (Lipinski definition) is 5. The van der Waals surface area contributed by atoms with Crippen LogP contribution >= 0.6 is 0 Å². The molecule has 1 amide bonds. The van der Waals surface area contributed by atoms with Crippen molar-refractivity contribution in [3.8, 4) is 0 Å². The first-order valence-electron chi connectivity index (χ1n) is 8.00. The molecule has 3 N–H and O–H groups in total. The molecular weight excluding hydrogens is 338 g/mol. The highest BCUT2D eigenvalue weighted by molar-refractivity contribution is 5.94. The number of carboxylic acids is 1. The average Bonchev–Trinajstić information content (AvgIpc) is 2.62. The third kappa shape index (κ3) is 5.99. The Bertz CT molecular complexity index is 762. The summed E-state index contributed by atoms with van der Waals surface area (Å²) in [6, 6.07) is 13.9. The Hall–Kier alpha value is -3.26. The molecule has 8 nitrogen and oxygen atoms in total. The molecule has 0 saturated carbocycles. The highest BCUT2D eigenvalue weighted by Gasteiger charge is 2.20. The van der Waals surface area contributed by atoms with E-state index < -0.39 is 22.8 Å². The van der Waals surface area contributed by atoms with Crippen LogP contribution < -0.4 is 10.6 Å². The zero-order valence-corrected chi connectivity index (χ0v) is 13.9. The van der Waals surface area contributed by atoms with Crippen molar-refractivity contribution < 1.29 is 19.6 Å². The minimum Gasteiger partial charge on any atom is -0.480 e. The number of non-ortho nitro benzene ring substituents is 1. The number of benzene rings is 2. The van der Waals surface area contributed by atoms with Gasteiger partial charge in [0.05, 0.1) is 11.3 Å². The number of rotatable bonds is 9. The summed E-state index contributed by atoms with van der Waals surface area (Å²) in [6.07, 6.45) is 0.399. The van der Waals surface area contributed by atoms with E-state index in [0.29, 0.717) is 18.7 Å². The fourth-order valence-corrected chi connectivity index (χ4v) is 2.35. The highest BCUT2D eigenvalue weighted by Crippen LogP contribution is 2.15. The van der Waals surface area contributed by atoms with Crippen LogP contribution in [0, 0.1) is 10.1 Å². The summed E-state index contributed by atoms with van der Waals surface area (Å²) in [4.78, 5) is 33.4. The molecule has 2 aromatic carbocycles. The lowest BCUT2D eigenvalue weighted by atomic mass is 10.1. The van der Waals surface area contributed by atoms with E-state index in [1.54, 1.807) is 0 Å². The van der Waals surface area contributed by atoms with Crippen LogP contribution in [0.3, 0.4) is 0 Å². The van der Waals surface area contributed by atoms with Gasteiger partial charge in [-0.3, -0.25) is 19.7 Å². The summed E-state index contributed by atoms with van der Waals surface area (Å²) in [5.74, 6) is -1.60. The van der Waals surface area contributed by atoms with Crippen molar-refractivity contribution in [3.63, 3.8) is 0 Å². The first-order chi connectivity index (χ1) is 12.5. The second kappa shape index (κ2) is 9.28. The molecule has 0 heterocycles. The van der Waals surface area contributed by atoms with Crippen molar-refractivity contribution in [1.82, 2.24) is 5.32 Å². The van der Waals surface area contributed by atoms with E-state index in [-0.39, 0.29) is 12.1 Å². The van der Waals surface area contributed by atoms with Crippen LogP contribution in [-0.4, -0.2) is 34.5 Å². The molecule has 136 valence electrons. The van der Waals surface area contributed by atoms with Gasteiger partial charge >= 0.3 is 5.97 Å². The maximum absolute atomic E-state index is 12.0. The fourth-order valence-electron chi connectivity index (χ4n) is 2.35. The van der Waals surface area contributed by atoms with Gasteiger partial charge in [-0.15, -0.1) is 0 Å². The summed E-state index contributed by atoms with van der Waals surface area (Å²) < 4.78 is 0. The molecule has 0 aliphatic rings. The number of hydrogen-bond donors (Lipinski definition) is 3. The van der Waals surface area contributed by atoms with Gasteiger partial charge in [0.25, 0.3) is 5.69 Å². The maximum Gasteiger partial charge on any atom is 0.321 e. The van der Waals surface area contributed by atoms with Crippen molar-refractivity contribution in [2.75, 3.05) is 11.9 Å². The third-order valence-electron chi connectivity index (χ3n) is 3.70. The Labute approximate surface area is 150 Å². The first-order valence-corrected chi connectivity index (χ1v) is 8.00. The molecule has 2 aromatic rings. The van der Waals surface area contributed by atoms with Crippen molar-refractivity contribution >= 4 is 23.3 Å². The number of aliphatic carboxylic acids is 1. The second-order valence-corrected chi connectivity index (χ2v) is 5.64. The summed E-state index contributed by atoms with van der Waals surface area (Å²) in [7, 11) is 0. The molecule has 0 aliphatic carbocycles. The van der Waals surface area contributed by atoms with Crippen molar-refractivity contribution in [1.29, 1.82) is 0 Å². The van der Waals surface area contributed by atoms with E-state index >= 15 is 0 Å². The van der Waals surface area contributed by atoms with Crippen LogP contribution in [0.4, 0.5) is 11.4 Å². The molecule has 0 spiro atoms. The number of carboxylic acid groups (broad SMARTS) is 1. The number of nitrogens with one attached hydrogen (secondary N) is 2. The number of nitro benzene ring substituents is 1. The molecule has 8 heteroatoms. The van der Waals surface area contributed by atoms with Crippen molar-refractivity contribution in [2.45, 2.75) is 18.9 Å². The minimum atomic E-state index is -1.11. The molecule has 0 aliphatic heterocycles. The number of carbonyl (C=O) groups excluding carboxylic acids is 1. The van der Waals surface area contributed by atoms with E-state index in [2.05, 4.69) is 10.6 Å². The minimum absolute atomic E-state index is 0.0889. The zero-order chi connectivity index (χ0) is 18.9. The monoisotopic (exact) mass is 357 g/mol. The summed E-state index contributed by atoms with van der Waals surface area (Å²) >= 11 is 0. The van der Waals surface area contributed by atoms with E-state index in [1.165, 1.54) is 24.3 Å². The van der Waals surface area contributed by atoms with E-state index in [1.807, 2.05) is 30.3 Å². The smallest absolute Gasteiger partial charge is 0.321 e. The Morgan fingerprint density at radius 1 is 1.08 bits per heavy atom. The van der Waals surface area contributed by atoms with Gasteiger partial charge in [0.15, 0.2) is 0 Å². The summed E-state index contributed by atoms with van der Waals surface area (Å²) in [5.41, 5.74) is 1.35. The van der Waals surface area contributed by atoms with Crippen LogP contribution in [0.15, 0.2) is 54.6 Å². The normalized spacial score (nSPS) is 11.5. The molecule has 2 rings (SSSR count). The van der Waals surface area contributed by atoms with Crippen molar-refractivity contribution in [2.24, 2.45) is 0 Å². The van der Waals surface area contributed by atoms with E-state index in [9.17, 15) is 24.8 Å². The van der Waals surface area contributed by atoms with E-state index in [4.69, 9.17) is 0 Å². The van der Waals surface area contributed by atoms with Crippen LogP contribution in [0.1, 0.15) is 12.0 Å². The highest BCUT2D eigenvalue weighted by atomic mass is 16.6. The predicted octanol–water partition coefficient (Wildman–Crippen LogP) is 2.21. The number of nitrogens with zero attached hydrogens (tertiary/aromatic N) is 1. The SMILES string of the molecule is O=C(CC(NCCc1ccccc1)C(=O)O)Nc1ccc([N+](=O)[O-])cc1. The number of amides is 1. The quantitative estimate of drug-likeness (QED) is 0.467. The Morgan fingerprint density at radius 3 is 2.31 bits per heavy atom. The average molecular weight is 357 g/mol. The summed E-state index contributed by atoms with van der Waals surface area (Å²) in [5, 5.41) is 25.3. The van der Waals surface area contributed by atoms with Crippen LogP contribution in [-0.2, 0) is 16.0 Å². The Kier molecular flexibility index (Phi) is 6.81. The molecule has 0 fully saturated rings. The Morgan fingerprint density at radius 2 is 1.73 bits per heavy atom. The first kappa shape index (κ1) is 19.1. The number of carbonyl (C=O) groups is 2. The maximum atomic E-state index is 12.0. The molecule has 0 aromatic heterocycles. The molecule has 26 heavy (non-hydrogen) atoms. The van der Waals surface area contributed by atoms with Gasteiger partial charge in [-0.05, 0) is 30.7 Å². The molecule has 0 bridgehead atoms. The fraction of sp³-hybridized carbons (Fsp3) is 0.222. The van der Waals surface area contributed by atoms with Gasteiger partial charge in [-0.1, -0.05) is 30.3 Å². The lowest BCUT2D eigenvalue weighted by molar-refractivity contribution is -0.384. The van der Waals surface area contributed by atoms with Crippen molar-refractivity contribution in [3.05, 3.63) is 70.3 Å². The molecular formula is C18H19N3O5.